The van der Waals surface area contributed by atoms with Gasteiger partial charge in [-0.05, 0) is 96.4 Å². The van der Waals surface area contributed by atoms with Crippen LogP contribution in [0.25, 0.3) is 110 Å². The Morgan fingerprint density at radius 2 is 0.923 bits per heavy atom. The summed E-state index contributed by atoms with van der Waals surface area (Å²) in [6.45, 7) is 0. The maximum Gasteiger partial charge on any atom is 0.227 e. The van der Waals surface area contributed by atoms with Crippen LogP contribution in [-0.4, -0.2) is 4.98 Å². The van der Waals surface area contributed by atoms with Gasteiger partial charge in [-0.25, -0.2) is 4.98 Å². The summed E-state index contributed by atoms with van der Waals surface area (Å²) in [5, 5.41) is 10.5. The smallest absolute Gasteiger partial charge is 0.227 e. The van der Waals surface area contributed by atoms with Gasteiger partial charge in [0, 0.05) is 21.9 Å². The standard InChI is InChI=1S/C49H29NO2/c1-3-11-30(12-4-1)43-28-34-21-22-36(29-44(34)51-43)46-40-17-9-7-15-38(40)45(39-16-8-10-18-41(39)46)35-23-25-37-33(27-35)20-19-31-24-26-42-48(47(31)37)52-49(50-42)32-13-5-2-6-14-32/h1-29H. The molecule has 2 aromatic heterocycles. The molecule has 11 rings (SSSR count). The molecule has 242 valence electrons. The summed E-state index contributed by atoms with van der Waals surface area (Å²) < 4.78 is 12.9. The van der Waals surface area contributed by atoms with Crippen LogP contribution in [0.15, 0.2) is 185 Å². The molecule has 0 fully saturated rings. The van der Waals surface area contributed by atoms with E-state index in [2.05, 4.69) is 127 Å². The molecule has 3 heteroatoms. The van der Waals surface area contributed by atoms with Gasteiger partial charge in [-0.3, -0.25) is 0 Å². The molecule has 0 aliphatic rings. The highest BCUT2D eigenvalue weighted by Gasteiger charge is 2.19. The van der Waals surface area contributed by atoms with Gasteiger partial charge in [0.1, 0.15) is 16.9 Å². The minimum absolute atomic E-state index is 0.637. The molecule has 0 unspecified atom stereocenters. The van der Waals surface area contributed by atoms with E-state index in [0.717, 1.165) is 66.1 Å². The van der Waals surface area contributed by atoms with Crippen LogP contribution in [0.4, 0.5) is 0 Å². The van der Waals surface area contributed by atoms with E-state index in [1.54, 1.807) is 0 Å². The van der Waals surface area contributed by atoms with Gasteiger partial charge < -0.3 is 8.83 Å². The molecule has 0 saturated carbocycles. The summed E-state index contributed by atoms with van der Waals surface area (Å²) in [5.41, 5.74) is 9.36. The monoisotopic (exact) mass is 663 g/mol. The number of hydrogen-bond acceptors (Lipinski definition) is 3. The lowest BCUT2D eigenvalue weighted by Crippen LogP contribution is -1.91. The van der Waals surface area contributed by atoms with E-state index in [0.29, 0.717) is 5.89 Å². The lowest BCUT2D eigenvalue weighted by molar-refractivity contribution is 0.623. The molecule has 0 atom stereocenters. The predicted octanol–water partition coefficient (Wildman–Crippen LogP) is 13.9. The van der Waals surface area contributed by atoms with Crippen molar-refractivity contribution in [3.63, 3.8) is 0 Å². The number of hydrogen-bond donors (Lipinski definition) is 0. The molecule has 0 aliphatic carbocycles. The first-order valence-corrected chi connectivity index (χ1v) is 17.6. The van der Waals surface area contributed by atoms with Gasteiger partial charge in [0.05, 0.1) is 0 Å². The van der Waals surface area contributed by atoms with E-state index >= 15 is 0 Å². The maximum atomic E-state index is 6.49. The number of oxazole rings is 1. The molecule has 3 nitrogen and oxygen atoms in total. The molecule has 0 spiro atoms. The second kappa shape index (κ2) is 11.3. The van der Waals surface area contributed by atoms with Crippen LogP contribution in [0, 0.1) is 0 Å². The van der Waals surface area contributed by atoms with Crippen LogP contribution in [0.3, 0.4) is 0 Å². The van der Waals surface area contributed by atoms with Crippen LogP contribution >= 0.6 is 0 Å². The Kier molecular flexibility index (Phi) is 6.25. The number of nitrogens with zero attached hydrogens (tertiary/aromatic N) is 1. The Labute approximate surface area is 299 Å². The van der Waals surface area contributed by atoms with Gasteiger partial charge in [-0.1, -0.05) is 140 Å². The zero-order valence-corrected chi connectivity index (χ0v) is 28.0. The Bertz CT molecular complexity index is 3110. The van der Waals surface area contributed by atoms with Crippen molar-refractivity contribution in [3.05, 3.63) is 176 Å². The van der Waals surface area contributed by atoms with E-state index in [1.165, 1.54) is 38.2 Å². The van der Waals surface area contributed by atoms with Gasteiger partial charge in [0.25, 0.3) is 0 Å². The molecule has 0 bridgehead atoms. The number of benzene rings is 9. The van der Waals surface area contributed by atoms with Gasteiger partial charge in [0.2, 0.25) is 5.89 Å². The molecule has 0 saturated heterocycles. The quantitative estimate of drug-likeness (QED) is 0.139. The molecule has 52 heavy (non-hydrogen) atoms. The van der Waals surface area contributed by atoms with Crippen molar-refractivity contribution in [2.24, 2.45) is 0 Å². The first-order chi connectivity index (χ1) is 25.8. The largest absolute Gasteiger partial charge is 0.456 e. The third-order valence-corrected chi connectivity index (χ3v) is 10.5. The first-order valence-electron chi connectivity index (χ1n) is 17.6. The van der Waals surface area contributed by atoms with Crippen LogP contribution in [0.5, 0.6) is 0 Å². The van der Waals surface area contributed by atoms with Crippen molar-refractivity contribution < 1.29 is 8.83 Å². The summed E-state index contributed by atoms with van der Waals surface area (Å²) in [6.07, 6.45) is 0. The van der Waals surface area contributed by atoms with Crippen molar-refractivity contribution in [1.82, 2.24) is 4.98 Å². The lowest BCUT2D eigenvalue weighted by atomic mass is 9.85. The second-order valence-electron chi connectivity index (χ2n) is 13.5. The maximum absolute atomic E-state index is 6.49. The normalized spacial score (nSPS) is 11.8. The minimum Gasteiger partial charge on any atom is -0.456 e. The van der Waals surface area contributed by atoms with E-state index in [1.807, 2.05) is 48.5 Å². The predicted molar refractivity (Wildman–Crippen MR) is 216 cm³/mol. The molecule has 2 heterocycles. The number of aromatic nitrogens is 1. The zero-order chi connectivity index (χ0) is 34.2. The summed E-state index contributed by atoms with van der Waals surface area (Å²) in [5.74, 6) is 1.51. The van der Waals surface area contributed by atoms with Crippen molar-refractivity contribution in [1.29, 1.82) is 0 Å². The summed E-state index contributed by atoms with van der Waals surface area (Å²) >= 11 is 0. The van der Waals surface area contributed by atoms with Gasteiger partial charge in [-0.2, -0.15) is 0 Å². The molecule has 0 N–H and O–H groups in total. The zero-order valence-electron chi connectivity index (χ0n) is 28.0. The Hall–Kier alpha value is -6.97. The molecule has 11 aromatic rings. The average molecular weight is 664 g/mol. The topological polar surface area (TPSA) is 39.2 Å². The Balaban J connectivity index is 1.11. The average Bonchev–Trinajstić information content (AvgIpc) is 3.85. The third-order valence-electron chi connectivity index (χ3n) is 10.5. The molecule has 9 aromatic carbocycles. The third kappa shape index (κ3) is 4.43. The van der Waals surface area contributed by atoms with Crippen LogP contribution in [0.1, 0.15) is 0 Å². The summed E-state index contributed by atoms with van der Waals surface area (Å²) in [6, 6.07) is 62.2. The Morgan fingerprint density at radius 1 is 0.365 bits per heavy atom. The van der Waals surface area contributed by atoms with Crippen molar-refractivity contribution >= 4 is 65.2 Å². The fourth-order valence-electron chi connectivity index (χ4n) is 8.07. The first kappa shape index (κ1) is 28.8. The summed E-state index contributed by atoms with van der Waals surface area (Å²) in [4.78, 5) is 4.87. The summed E-state index contributed by atoms with van der Waals surface area (Å²) in [7, 11) is 0. The highest BCUT2D eigenvalue weighted by atomic mass is 16.3. The van der Waals surface area contributed by atoms with Crippen LogP contribution < -0.4 is 0 Å². The fraction of sp³-hybridized carbons (Fsp3) is 0. The van der Waals surface area contributed by atoms with E-state index < -0.39 is 0 Å². The van der Waals surface area contributed by atoms with Gasteiger partial charge in [0.15, 0.2) is 5.58 Å². The minimum atomic E-state index is 0.637. The van der Waals surface area contributed by atoms with E-state index in [-0.39, 0.29) is 0 Å². The molecular formula is C49H29NO2. The lowest BCUT2D eigenvalue weighted by Gasteiger charge is -2.18. The van der Waals surface area contributed by atoms with E-state index in [9.17, 15) is 0 Å². The van der Waals surface area contributed by atoms with Gasteiger partial charge in [-0.15, -0.1) is 0 Å². The number of fused-ring (bicyclic) bond motifs is 8. The van der Waals surface area contributed by atoms with Crippen molar-refractivity contribution in [2.45, 2.75) is 0 Å². The SMILES string of the molecule is c1ccc(-c2cc3ccc(-c4c5ccccc5c(-c5ccc6c(ccc7ccc8nc(-c9ccccc9)oc8c76)c5)c5ccccc45)cc3o2)cc1. The number of furan rings is 1. The van der Waals surface area contributed by atoms with Gasteiger partial charge >= 0.3 is 0 Å². The van der Waals surface area contributed by atoms with Crippen LogP contribution in [-0.2, 0) is 0 Å². The van der Waals surface area contributed by atoms with E-state index in [4.69, 9.17) is 13.8 Å². The van der Waals surface area contributed by atoms with Crippen molar-refractivity contribution in [3.8, 4) is 45.0 Å². The highest BCUT2D eigenvalue weighted by molar-refractivity contribution is 6.23. The van der Waals surface area contributed by atoms with Crippen LogP contribution in [0.2, 0.25) is 0 Å². The molecule has 0 amide bonds. The second-order valence-corrected chi connectivity index (χ2v) is 13.5. The molecular weight excluding hydrogens is 635 g/mol. The Morgan fingerprint density at radius 3 is 1.62 bits per heavy atom. The molecule has 0 radical (unpaired) electrons. The number of rotatable bonds is 4. The molecule has 0 aliphatic heterocycles. The fourth-order valence-corrected chi connectivity index (χ4v) is 8.07. The van der Waals surface area contributed by atoms with Crippen molar-refractivity contribution in [2.75, 3.05) is 0 Å². The highest BCUT2D eigenvalue weighted by Crippen LogP contribution is 2.45.